The zero-order valence-corrected chi connectivity index (χ0v) is 13.4. The van der Waals surface area contributed by atoms with Gasteiger partial charge in [-0.25, -0.2) is 0 Å². The summed E-state index contributed by atoms with van der Waals surface area (Å²) in [4.78, 5) is 0. The van der Waals surface area contributed by atoms with Crippen LogP contribution in [0, 0.1) is 5.92 Å². The fourth-order valence-corrected chi connectivity index (χ4v) is 3.10. The van der Waals surface area contributed by atoms with E-state index < -0.39 is 0 Å². The molecule has 0 unspecified atom stereocenters. The summed E-state index contributed by atoms with van der Waals surface area (Å²) in [5.41, 5.74) is 1.17. The van der Waals surface area contributed by atoms with Crippen LogP contribution in [0.4, 0.5) is 0 Å². The Kier molecular flexibility index (Phi) is 4.95. The van der Waals surface area contributed by atoms with Crippen molar-refractivity contribution >= 4 is 0 Å². The number of furan rings is 1. The molecule has 0 amide bonds. The molecule has 0 saturated carbocycles. The van der Waals surface area contributed by atoms with Crippen LogP contribution in [0.2, 0.25) is 0 Å². The smallest absolute Gasteiger partial charge is 0.103 e. The number of aryl methyl sites for hydroxylation is 2. The molecule has 3 atom stereocenters. The first-order valence-corrected chi connectivity index (χ1v) is 8.09. The Morgan fingerprint density at radius 3 is 3.09 bits per heavy atom. The molecule has 120 valence electrons. The van der Waals surface area contributed by atoms with Crippen molar-refractivity contribution in [1.29, 1.82) is 0 Å². The molecule has 5 heteroatoms. The first-order chi connectivity index (χ1) is 10.7. The molecule has 1 N–H and O–H groups in total. The van der Waals surface area contributed by atoms with Gasteiger partial charge in [-0.2, -0.15) is 5.10 Å². The second kappa shape index (κ2) is 7.11. The highest BCUT2D eigenvalue weighted by Crippen LogP contribution is 2.33. The molecule has 22 heavy (non-hydrogen) atoms. The first kappa shape index (κ1) is 15.3. The summed E-state index contributed by atoms with van der Waals surface area (Å²) in [5.74, 6) is 1.58. The van der Waals surface area contributed by atoms with Gasteiger partial charge in [-0.05, 0) is 38.0 Å². The Hall–Kier alpha value is -1.59. The molecule has 2 aromatic heterocycles. The van der Waals surface area contributed by atoms with Crippen molar-refractivity contribution in [2.24, 2.45) is 13.0 Å². The third kappa shape index (κ3) is 3.59. The standard InChI is InChI=1S/C17H25N3O2/c1-13(5-6-15-4-3-10-21-15)18-12-14-8-11-22-17(14)16-7-9-19-20(16)2/h3-4,7,9-10,13-14,17-18H,5-6,8,11-12H2,1-2H3/t13-,14-,17+/m0/s1. The molecule has 0 aromatic carbocycles. The lowest BCUT2D eigenvalue weighted by Crippen LogP contribution is -2.33. The quantitative estimate of drug-likeness (QED) is 0.854. The van der Waals surface area contributed by atoms with Crippen molar-refractivity contribution in [3.8, 4) is 0 Å². The summed E-state index contributed by atoms with van der Waals surface area (Å²) >= 11 is 0. The minimum Gasteiger partial charge on any atom is -0.469 e. The molecule has 1 saturated heterocycles. The van der Waals surface area contributed by atoms with Crippen LogP contribution in [-0.2, 0) is 18.2 Å². The number of aromatic nitrogens is 2. The summed E-state index contributed by atoms with van der Waals surface area (Å²) in [6.45, 7) is 4.05. The van der Waals surface area contributed by atoms with Crippen LogP contribution in [0.3, 0.4) is 0 Å². The van der Waals surface area contributed by atoms with Crippen molar-refractivity contribution in [3.63, 3.8) is 0 Å². The van der Waals surface area contributed by atoms with Crippen LogP contribution < -0.4 is 5.32 Å². The highest BCUT2D eigenvalue weighted by Gasteiger charge is 2.31. The van der Waals surface area contributed by atoms with Gasteiger partial charge in [0.2, 0.25) is 0 Å². The van der Waals surface area contributed by atoms with Crippen molar-refractivity contribution in [1.82, 2.24) is 15.1 Å². The number of nitrogens with zero attached hydrogens (tertiary/aromatic N) is 2. The monoisotopic (exact) mass is 303 g/mol. The van der Waals surface area contributed by atoms with Crippen molar-refractivity contribution < 1.29 is 9.15 Å². The van der Waals surface area contributed by atoms with Gasteiger partial charge in [-0.1, -0.05) is 0 Å². The van der Waals surface area contributed by atoms with Crippen LogP contribution in [0.5, 0.6) is 0 Å². The third-order valence-corrected chi connectivity index (χ3v) is 4.50. The molecular weight excluding hydrogens is 278 g/mol. The molecule has 5 nitrogen and oxygen atoms in total. The van der Waals surface area contributed by atoms with Gasteiger partial charge in [0, 0.05) is 44.8 Å². The summed E-state index contributed by atoms with van der Waals surface area (Å²) in [7, 11) is 1.98. The molecule has 0 spiro atoms. The number of rotatable bonds is 7. The second-order valence-electron chi connectivity index (χ2n) is 6.15. The third-order valence-electron chi connectivity index (χ3n) is 4.50. The van der Waals surface area contributed by atoms with E-state index in [2.05, 4.69) is 23.4 Å². The van der Waals surface area contributed by atoms with Gasteiger partial charge in [0.1, 0.15) is 11.9 Å². The van der Waals surface area contributed by atoms with Crippen LogP contribution in [0.1, 0.15) is 37.3 Å². The Balaban J connectivity index is 1.47. The highest BCUT2D eigenvalue weighted by atomic mass is 16.5. The molecule has 2 aromatic rings. The van der Waals surface area contributed by atoms with E-state index in [0.717, 1.165) is 38.2 Å². The Bertz CT molecular complexity index is 564. The fourth-order valence-electron chi connectivity index (χ4n) is 3.10. The van der Waals surface area contributed by atoms with Gasteiger partial charge in [-0.3, -0.25) is 4.68 Å². The maximum absolute atomic E-state index is 5.93. The summed E-state index contributed by atoms with van der Waals surface area (Å²) < 4.78 is 13.2. The molecular formula is C17H25N3O2. The van der Waals surface area contributed by atoms with E-state index in [0.29, 0.717) is 12.0 Å². The fraction of sp³-hybridized carbons (Fsp3) is 0.588. The average molecular weight is 303 g/mol. The Morgan fingerprint density at radius 1 is 1.45 bits per heavy atom. The zero-order chi connectivity index (χ0) is 15.4. The summed E-state index contributed by atoms with van der Waals surface area (Å²) in [5, 5.41) is 7.90. The molecule has 1 fully saturated rings. The van der Waals surface area contributed by atoms with Crippen molar-refractivity contribution in [3.05, 3.63) is 42.1 Å². The largest absolute Gasteiger partial charge is 0.469 e. The van der Waals surface area contributed by atoms with E-state index in [9.17, 15) is 0 Å². The number of ether oxygens (including phenoxy) is 1. The summed E-state index contributed by atoms with van der Waals surface area (Å²) in [6.07, 6.45) is 6.91. The molecule has 0 radical (unpaired) electrons. The van der Waals surface area contributed by atoms with E-state index in [-0.39, 0.29) is 6.10 Å². The maximum Gasteiger partial charge on any atom is 0.103 e. The molecule has 1 aliphatic heterocycles. The Morgan fingerprint density at radius 2 is 2.36 bits per heavy atom. The van der Waals surface area contributed by atoms with Crippen molar-refractivity contribution in [2.45, 2.75) is 38.3 Å². The Labute approximate surface area is 131 Å². The van der Waals surface area contributed by atoms with E-state index in [4.69, 9.17) is 9.15 Å². The predicted octanol–water partition coefficient (Wildman–Crippen LogP) is 2.70. The lowest BCUT2D eigenvalue weighted by atomic mass is 9.98. The van der Waals surface area contributed by atoms with Gasteiger partial charge >= 0.3 is 0 Å². The van der Waals surface area contributed by atoms with Crippen LogP contribution in [0.25, 0.3) is 0 Å². The highest BCUT2D eigenvalue weighted by molar-refractivity contribution is 5.07. The van der Waals surface area contributed by atoms with Gasteiger partial charge in [0.25, 0.3) is 0 Å². The first-order valence-electron chi connectivity index (χ1n) is 8.09. The van der Waals surface area contributed by atoms with Crippen LogP contribution in [0.15, 0.2) is 35.1 Å². The lowest BCUT2D eigenvalue weighted by molar-refractivity contribution is 0.0832. The molecule has 3 rings (SSSR count). The van der Waals surface area contributed by atoms with E-state index >= 15 is 0 Å². The lowest BCUT2D eigenvalue weighted by Gasteiger charge is -2.21. The van der Waals surface area contributed by atoms with E-state index in [1.54, 1.807) is 6.26 Å². The molecule has 0 bridgehead atoms. The van der Waals surface area contributed by atoms with Crippen LogP contribution in [-0.4, -0.2) is 29.0 Å². The SMILES string of the molecule is C[C@@H](CCc1ccco1)NC[C@@H]1CCO[C@H]1c1ccnn1C. The number of hydrogen-bond acceptors (Lipinski definition) is 4. The molecule has 1 aliphatic rings. The molecule has 3 heterocycles. The number of nitrogens with one attached hydrogen (secondary N) is 1. The van der Waals surface area contributed by atoms with Gasteiger partial charge in [0.15, 0.2) is 0 Å². The van der Waals surface area contributed by atoms with Gasteiger partial charge in [-0.15, -0.1) is 0 Å². The predicted molar refractivity (Wildman–Crippen MR) is 84.5 cm³/mol. The van der Waals surface area contributed by atoms with Crippen molar-refractivity contribution in [2.75, 3.05) is 13.2 Å². The van der Waals surface area contributed by atoms with E-state index in [1.807, 2.05) is 30.1 Å². The van der Waals surface area contributed by atoms with Gasteiger partial charge < -0.3 is 14.5 Å². The maximum atomic E-state index is 5.93. The number of hydrogen-bond donors (Lipinski definition) is 1. The second-order valence-corrected chi connectivity index (χ2v) is 6.15. The zero-order valence-electron chi connectivity index (χ0n) is 13.4. The van der Waals surface area contributed by atoms with E-state index in [1.165, 1.54) is 5.69 Å². The van der Waals surface area contributed by atoms with Gasteiger partial charge in [0.05, 0.1) is 12.0 Å². The normalized spacial score (nSPS) is 23.0. The minimum absolute atomic E-state index is 0.164. The average Bonchev–Trinajstić information content (AvgIpc) is 3.24. The summed E-state index contributed by atoms with van der Waals surface area (Å²) in [6, 6.07) is 6.51. The minimum atomic E-state index is 0.164. The van der Waals surface area contributed by atoms with Crippen LogP contribution >= 0.6 is 0 Å². The topological polar surface area (TPSA) is 52.2 Å². The molecule has 0 aliphatic carbocycles.